The van der Waals surface area contributed by atoms with Crippen molar-refractivity contribution in [3.63, 3.8) is 0 Å². The van der Waals surface area contributed by atoms with E-state index in [1.165, 1.54) is 47.8 Å². The Balaban J connectivity index is 1.11. The molecule has 0 N–H and O–H groups in total. The zero-order valence-corrected chi connectivity index (χ0v) is 34.4. The van der Waals surface area contributed by atoms with E-state index < -0.39 is 0 Å². The fraction of sp³-hybridized carbons (Fsp3) is 0. The molecule has 4 aromatic heterocycles. The van der Waals surface area contributed by atoms with Gasteiger partial charge in [-0.1, -0.05) is 146 Å². The van der Waals surface area contributed by atoms with Crippen molar-refractivity contribution in [2.75, 3.05) is 0 Å². The molecule has 0 aliphatic rings. The third-order valence-corrected chi connectivity index (χ3v) is 14.0. The third-order valence-electron chi connectivity index (χ3n) is 12.8. The summed E-state index contributed by atoms with van der Waals surface area (Å²) in [5, 5.41) is 13.8. The maximum absolute atomic E-state index is 6.81. The van der Waals surface area contributed by atoms with Crippen LogP contribution in [-0.2, 0) is 0 Å². The van der Waals surface area contributed by atoms with Crippen LogP contribution in [0.15, 0.2) is 199 Å². The smallest absolute Gasteiger partial charge is 0.165 e. The maximum Gasteiger partial charge on any atom is 0.165 e. The van der Waals surface area contributed by atoms with Gasteiger partial charge in [-0.15, -0.1) is 11.3 Å². The van der Waals surface area contributed by atoms with Crippen molar-refractivity contribution in [1.29, 1.82) is 0 Å². The number of para-hydroxylation sites is 1. The van der Waals surface area contributed by atoms with Crippen molar-refractivity contribution >= 4 is 108 Å². The molecule has 4 heterocycles. The van der Waals surface area contributed by atoms with E-state index in [4.69, 9.17) is 19.4 Å². The van der Waals surface area contributed by atoms with Gasteiger partial charge in [0.1, 0.15) is 11.2 Å². The molecule has 0 amide bonds. The zero-order valence-electron chi connectivity index (χ0n) is 33.6. The van der Waals surface area contributed by atoms with Crippen molar-refractivity contribution < 1.29 is 4.42 Å². The molecule has 14 rings (SSSR count). The van der Waals surface area contributed by atoms with Crippen molar-refractivity contribution in [2.45, 2.75) is 0 Å². The Morgan fingerprint density at radius 1 is 0.365 bits per heavy atom. The molecule has 10 aromatic carbocycles. The molecule has 63 heavy (non-hydrogen) atoms. The van der Waals surface area contributed by atoms with Crippen LogP contribution >= 0.6 is 11.3 Å². The molecule has 0 saturated heterocycles. The summed E-state index contributed by atoms with van der Waals surface area (Å²) in [6, 6.07) is 69.1. The normalized spacial score (nSPS) is 12.1. The first-order valence-electron chi connectivity index (χ1n) is 21.2. The summed E-state index contributed by atoms with van der Waals surface area (Å²) in [7, 11) is 0. The van der Waals surface area contributed by atoms with Crippen LogP contribution < -0.4 is 0 Å². The molecule has 0 spiro atoms. The fourth-order valence-electron chi connectivity index (χ4n) is 9.98. The van der Waals surface area contributed by atoms with Gasteiger partial charge in [0.25, 0.3) is 0 Å². The number of rotatable bonds is 4. The number of aromatic nitrogens is 4. The Labute approximate surface area is 363 Å². The van der Waals surface area contributed by atoms with Gasteiger partial charge < -0.3 is 8.98 Å². The summed E-state index contributed by atoms with van der Waals surface area (Å²) in [6.07, 6.45) is 0. The van der Waals surface area contributed by atoms with E-state index in [0.717, 1.165) is 70.8 Å². The number of benzene rings is 10. The highest BCUT2D eigenvalue weighted by Gasteiger charge is 2.24. The first kappa shape index (κ1) is 34.5. The Morgan fingerprint density at radius 2 is 0.968 bits per heavy atom. The molecule has 0 fully saturated rings. The molecule has 0 aliphatic heterocycles. The fourth-order valence-corrected chi connectivity index (χ4v) is 11.2. The first-order chi connectivity index (χ1) is 31.2. The summed E-state index contributed by atoms with van der Waals surface area (Å²) in [6.45, 7) is 0. The van der Waals surface area contributed by atoms with Crippen LogP contribution in [0.25, 0.3) is 136 Å². The van der Waals surface area contributed by atoms with Gasteiger partial charge in [-0.05, 0) is 74.8 Å². The summed E-state index contributed by atoms with van der Waals surface area (Å²) in [5.41, 5.74) is 7.57. The maximum atomic E-state index is 6.81. The van der Waals surface area contributed by atoms with Gasteiger partial charge in [-0.2, -0.15) is 0 Å². The van der Waals surface area contributed by atoms with Crippen molar-refractivity contribution in [1.82, 2.24) is 19.5 Å². The summed E-state index contributed by atoms with van der Waals surface area (Å²) in [5.74, 6) is 1.82. The largest absolute Gasteiger partial charge is 0.456 e. The average Bonchev–Trinajstić information content (AvgIpc) is 4.02. The summed E-state index contributed by atoms with van der Waals surface area (Å²) < 4.78 is 11.6. The topological polar surface area (TPSA) is 56.7 Å². The van der Waals surface area contributed by atoms with E-state index in [1.807, 2.05) is 12.1 Å². The molecule has 6 heteroatoms. The lowest BCUT2D eigenvalue weighted by Gasteiger charge is -2.14. The van der Waals surface area contributed by atoms with E-state index in [2.05, 4.69) is 187 Å². The number of fused-ring (bicyclic) bond motifs is 13. The molecule has 0 atom stereocenters. The van der Waals surface area contributed by atoms with Gasteiger partial charge >= 0.3 is 0 Å². The molecule has 0 saturated carbocycles. The van der Waals surface area contributed by atoms with Crippen LogP contribution in [0.4, 0.5) is 0 Å². The van der Waals surface area contributed by atoms with E-state index in [-0.39, 0.29) is 0 Å². The van der Waals surface area contributed by atoms with Gasteiger partial charge in [-0.3, -0.25) is 0 Å². The first-order valence-corrected chi connectivity index (χ1v) is 22.0. The van der Waals surface area contributed by atoms with Gasteiger partial charge in [-0.25, -0.2) is 15.0 Å². The summed E-state index contributed by atoms with van der Waals surface area (Å²) in [4.78, 5) is 16.3. The van der Waals surface area contributed by atoms with Crippen LogP contribution in [0.1, 0.15) is 0 Å². The second-order valence-corrected chi connectivity index (χ2v) is 17.4. The second-order valence-electron chi connectivity index (χ2n) is 16.3. The number of thiophene rings is 1. The molecule has 14 aromatic rings. The molecule has 5 nitrogen and oxygen atoms in total. The summed E-state index contributed by atoms with van der Waals surface area (Å²) >= 11 is 1.78. The van der Waals surface area contributed by atoms with E-state index >= 15 is 0 Å². The standard InChI is InChI=1S/C57H32N4OS/c1-2-16-36-30-48-45(29-35(36)15-1)52-39-19-6-4-14-34(39)27-28-47(52)61(48)37-31-46(53-43-21-7-9-25-49(43)62-50(53)32-37)57-59-55(42-23-11-17-33-13-3-5-18-38(33)42)58-56(60-57)44-24-12-22-41-40-20-8-10-26-51(40)63-54(41)44/h1-32H. The SMILES string of the molecule is c1ccc2cc3c(cc2c1)c1c2ccccc2ccc1n3-c1cc(-c2nc(-c3cccc4ccccc34)nc(-c3cccc4c3sc3ccccc34)n2)c2c(c1)oc1ccccc12. The van der Waals surface area contributed by atoms with Gasteiger partial charge in [0, 0.05) is 64.5 Å². The van der Waals surface area contributed by atoms with E-state index in [0.29, 0.717) is 17.5 Å². The van der Waals surface area contributed by atoms with Crippen LogP contribution in [-0.4, -0.2) is 19.5 Å². The lowest BCUT2D eigenvalue weighted by Crippen LogP contribution is -2.02. The second kappa shape index (κ2) is 13.2. The molecule has 0 radical (unpaired) electrons. The Hall–Kier alpha value is -8.19. The number of hydrogen-bond acceptors (Lipinski definition) is 5. The van der Waals surface area contributed by atoms with Gasteiger partial charge in [0.05, 0.1) is 16.7 Å². The van der Waals surface area contributed by atoms with Crippen LogP contribution in [0, 0.1) is 0 Å². The van der Waals surface area contributed by atoms with Crippen LogP contribution in [0.5, 0.6) is 0 Å². The Bertz CT molecular complexity index is 4230. The molecular formula is C57H32N4OS. The Morgan fingerprint density at radius 3 is 1.81 bits per heavy atom. The molecular weight excluding hydrogens is 789 g/mol. The molecule has 0 bridgehead atoms. The monoisotopic (exact) mass is 820 g/mol. The van der Waals surface area contributed by atoms with Crippen molar-refractivity contribution in [3.8, 4) is 39.9 Å². The predicted octanol–water partition coefficient (Wildman–Crippen LogP) is 15.7. The number of nitrogens with zero attached hydrogens (tertiary/aromatic N) is 4. The van der Waals surface area contributed by atoms with Crippen LogP contribution in [0.2, 0.25) is 0 Å². The van der Waals surface area contributed by atoms with Crippen molar-refractivity contribution in [3.05, 3.63) is 194 Å². The van der Waals surface area contributed by atoms with Gasteiger partial charge in [0.2, 0.25) is 0 Å². The minimum atomic E-state index is 0.580. The van der Waals surface area contributed by atoms with E-state index in [1.54, 1.807) is 11.3 Å². The predicted molar refractivity (Wildman–Crippen MR) is 263 cm³/mol. The highest BCUT2D eigenvalue weighted by Crippen LogP contribution is 2.44. The van der Waals surface area contributed by atoms with Gasteiger partial charge in [0.15, 0.2) is 17.5 Å². The average molecular weight is 821 g/mol. The highest BCUT2D eigenvalue weighted by atomic mass is 32.1. The zero-order chi connectivity index (χ0) is 41.2. The Kier molecular flexibility index (Phi) is 7.21. The minimum Gasteiger partial charge on any atom is -0.456 e. The highest BCUT2D eigenvalue weighted by molar-refractivity contribution is 7.26. The minimum absolute atomic E-state index is 0.580. The molecule has 0 aliphatic carbocycles. The molecule has 0 unspecified atom stereocenters. The quantitative estimate of drug-likeness (QED) is 0.177. The third kappa shape index (κ3) is 5.13. The lowest BCUT2D eigenvalue weighted by molar-refractivity contribution is 0.668. The van der Waals surface area contributed by atoms with E-state index in [9.17, 15) is 0 Å². The lowest BCUT2D eigenvalue weighted by atomic mass is 10.0. The number of furan rings is 1. The number of hydrogen-bond donors (Lipinski definition) is 0. The molecule has 292 valence electrons. The van der Waals surface area contributed by atoms with Crippen molar-refractivity contribution in [2.24, 2.45) is 0 Å². The van der Waals surface area contributed by atoms with Crippen LogP contribution in [0.3, 0.4) is 0 Å².